The summed E-state index contributed by atoms with van der Waals surface area (Å²) in [6, 6.07) is 5.50. The second kappa shape index (κ2) is 6.62. The lowest BCUT2D eigenvalue weighted by Crippen LogP contribution is -2.32. The van der Waals surface area contributed by atoms with Crippen molar-refractivity contribution in [1.82, 2.24) is 29.4 Å². The van der Waals surface area contributed by atoms with Gasteiger partial charge in [-0.3, -0.25) is 4.79 Å². The Morgan fingerprint density at radius 1 is 1.31 bits per heavy atom. The number of H-pyrrole nitrogens is 1. The Kier molecular flexibility index (Phi) is 4.16. The first-order chi connectivity index (χ1) is 12.6. The molecule has 8 heteroatoms. The predicted octanol–water partition coefficient (Wildman–Crippen LogP) is 1.57. The molecule has 0 spiro atoms. The van der Waals surface area contributed by atoms with Crippen molar-refractivity contribution in [1.29, 1.82) is 0 Å². The summed E-state index contributed by atoms with van der Waals surface area (Å²) in [6.07, 6.45) is 7.29. The third-order valence-electron chi connectivity index (χ3n) is 4.65. The maximum Gasteiger partial charge on any atom is 0.270 e. The van der Waals surface area contributed by atoms with E-state index in [-0.39, 0.29) is 17.9 Å². The van der Waals surface area contributed by atoms with Gasteiger partial charge in [-0.25, -0.2) is 15.0 Å². The number of aromatic amines is 1. The van der Waals surface area contributed by atoms with Crippen molar-refractivity contribution in [3.8, 4) is 0 Å². The molecule has 1 aliphatic rings. The van der Waals surface area contributed by atoms with Crippen LogP contribution >= 0.6 is 0 Å². The highest BCUT2D eigenvalue weighted by Gasteiger charge is 2.38. The Hall–Kier alpha value is -3.16. The fraction of sp³-hybridized carbons (Fsp3) is 0.333. The van der Waals surface area contributed by atoms with Crippen molar-refractivity contribution in [3.05, 3.63) is 60.3 Å². The molecule has 0 unspecified atom stereocenters. The van der Waals surface area contributed by atoms with Crippen LogP contribution in [0.2, 0.25) is 0 Å². The van der Waals surface area contributed by atoms with E-state index in [9.17, 15) is 4.79 Å². The molecule has 3 aromatic rings. The summed E-state index contributed by atoms with van der Waals surface area (Å²) in [4.78, 5) is 30.7. The molecule has 3 aromatic heterocycles. The van der Waals surface area contributed by atoms with Crippen LogP contribution in [-0.4, -0.2) is 54.4 Å². The number of nitrogens with one attached hydrogen (secondary N) is 2. The van der Waals surface area contributed by atoms with Gasteiger partial charge >= 0.3 is 0 Å². The smallest absolute Gasteiger partial charge is 0.270 e. The largest absolute Gasteiger partial charge is 0.365 e. The van der Waals surface area contributed by atoms with Gasteiger partial charge in [0.2, 0.25) is 0 Å². The quantitative estimate of drug-likeness (QED) is 0.744. The van der Waals surface area contributed by atoms with E-state index in [1.54, 1.807) is 24.8 Å². The van der Waals surface area contributed by atoms with Crippen LogP contribution in [0.1, 0.15) is 27.9 Å². The van der Waals surface area contributed by atoms with Crippen LogP contribution in [0, 0.1) is 6.92 Å². The number of nitrogens with zero attached hydrogens (tertiary/aromatic N) is 5. The highest BCUT2D eigenvalue weighted by atomic mass is 16.2. The molecular weight excluding hydrogens is 330 g/mol. The topological polar surface area (TPSA) is 91.7 Å². The number of amides is 1. The van der Waals surface area contributed by atoms with Gasteiger partial charge in [-0.15, -0.1) is 0 Å². The first-order valence-corrected chi connectivity index (χ1v) is 8.57. The molecule has 0 bridgehead atoms. The van der Waals surface area contributed by atoms with E-state index in [4.69, 9.17) is 0 Å². The first kappa shape index (κ1) is 16.3. The summed E-state index contributed by atoms with van der Waals surface area (Å²) < 4.78 is 1.93. The van der Waals surface area contributed by atoms with Gasteiger partial charge in [-0.1, -0.05) is 0 Å². The minimum atomic E-state index is -0.000834. The Balaban J connectivity index is 1.59. The van der Waals surface area contributed by atoms with Crippen molar-refractivity contribution in [3.63, 3.8) is 0 Å². The maximum atomic E-state index is 12.8. The number of carbonyl (C=O) groups excluding carboxylic acids is 1. The molecule has 4 heterocycles. The number of carbonyl (C=O) groups is 1. The van der Waals surface area contributed by atoms with E-state index < -0.39 is 0 Å². The lowest BCUT2D eigenvalue weighted by atomic mass is 10.0. The number of hydrogen-bond acceptors (Lipinski definition) is 5. The third-order valence-corrected chi connectivity index (χ3v) is 4.65. The van der Waals surface area contributed by atoms with Crippen molar-refractivity contribution >= 4 is 11.7 Å². The number of aromatic nitrogens is 5. The average molecular weight is 351 g/mol. The zero-order valence-corrected chi connectivity index (χ0v) is 14.8. The number of imidazole rings is 1. The fourth-order valence-electron chi connectivity index (χ4n) is 3.40. The fourth-order valence-corrected chi connectivity index (χ4v) is 3.40. The SMILES string of the molecule is Cc1nccc(N[C@@H]2CN(C(=O)c3ccc[nH]3)C[C@H]2c2cn(C)cn2)n1. The van der Waals surface area contributed by atoms with Gasteiger partial charge in [0, 0.05) is 44.6 Å². The molecule has 26 heavy (non-hydrogen) atoms. The Morgan fingerprint density at radius 2 is 2.19 bits per heavy atom. The minimum Gasteiger partial charge on any atom is -0.365 e. The molecule has 2 atom stereocenters. The number of anilines is 1. The van der Waals surface area contributed by atoms with E-state index in [1.807, 2.05) is 41.8 Å². The van der Waals surface area contributed by atoms with E-state index in [0.717, 1.165) is 11.5 Å². The summed E-state index contributed by atoms with van der Waals surface area (Å²) in [5.74, 6) is 1.56. The molecule has 0 radical (unpaired) electrons. The van der Waals surface area contributed by atoms with E-state index in [2.05, 4.69) is 25.3 Å². The summed E-state index contributed by atoms with van der Waals surface area (Å²) in [5, 5.41) is 3.47. The van der Waals surface area contributed by atoms with Crippen LogP contribution < -0.4 is 5.32 Å². The van der Waals surface area contributed by atoms with Gasteiger partial charge in [-0.05, 0) is 25.1 Å². The molecule has 0 aromatic carbocycles. The molecule has 1 fully saturated rings. The number of hydrogen-bond donors (Lipinski definition) is 2. The van der Waals surface area contributed by atoms with Crippen molar-refractivity contribution in [2.75, 3.05) is 18.4 Å². The van der Waals surface area contributed by atoms with Gasteiger partial charge < -0.3 is 19.8 Å². The van der Waals surface area contributed by atoms with Crippen LogP contribution in [0.3, 0.4) is 0 Å². The van der Waals surface area contributed by atoms with Crippen molar-refractivity contribution in [2.24, 2.45) is 7.05 Å². The summed E-state index contributed by atoms with van der Waals surface area (Å²) in [7, 11) is 1.95. The summed E-state index contributed by atoms with van der Waals surface area (Å²) in [6.45, 7) is 3.05. The zero-order chi connectivity index (χ0) is 18.1. The molecule has 1 saturated heterocycles. The molecule has 0 aliphatic carbocycles. The molecular formula is C18H21N7O. The van der Waals surface area contributed by atoms with Gasteiger partial charge in [0.05, 0.1) is 18.1 Å². The Morgan fingerprint density at radius 3 is 2.88 bits per heavy atom. The predicted molar refractivity (Wildman–Crippen MR) is 96.8 cm³/mol. The lowest BCUT2D eigenvalue weighted by molar-refractivity contribution is 0.0784. The molecule has 4 rings (SSSR count). The molecule has 8 nitrogen and oxygen atoms in total. The van der Waals surface area contributed by atoms with Crippen LogP contribution in [-0.2, 0) is 7.05 Å². The van der Waals surface area contributed by atoms with Gasteiger partial charge in [0.15, 0.2) is 0 Å². The van der Waals surface area contributed by atoms with Crippen molar-refractivity contribution in [2.45, 2.75) is 18.9 Å². The Labute approximate surface area is 151 Å². The molecule has 134 valence electrons. The van der Waals surface area contributed by atoms with E-state index in [1.165, 1.54) is 0 Å². The highest BCUT2D eigenvalue weighted by molar-refractivity contribution is 5.92. The summed E-state index contributed by atoms with van der Waals surface area (Å²) in [5.41, 5.74) is 1.57. The van der Waals surface area contributed by atoms with Crippen LogP contribution in [0.4, 0.5) is 5.82 Å². The highest BCUT2D eigenvalue weighted by Crippen LogP contribution is 2.29. The van der Waals surface area contributed by atoms with Crippen LogP contribution in [0.5, 0.6) is 0 Å². The van der Waals surface area contributed by atoms with Crippen molar-refractivity contribution < 1.29 is 4.79 Å². The van der Waals surface area contributed by atoms with Crippen LogP contribution in [0.25, 0.3) is 0 Å². The summed E-state index contributed by atoms with van der Waals surface area (Å²) >= 11 is 0. The monoisotopic (exact) mass is 351 g/mol. The lowest BCUT2D eigenvalue weighted by Gasteiger charge is -2.18. The van der Waals surface area contributed by atoms with Crippen LogP contribution in [0.15, 0.2) is 43.1 Å². The number of likely N-dealkylation sites (tertiary alicyclic amines) is 1. The number of aryl methyl sites for hydroxylation is 2. The standard InChI is InChI=1S/C18H21N7O/c1-12-19-7-5-17(22-12)23-16-10-25(18(26)14-4-3-6-20-14)8-13(16)15-9-24(2)11-21-15/h3-7,9,11,13,16,20H,8,10H2,1-2H3,(H,19,22,23)/t13-,16+/m0/s1. The molecule has 2 N–H and O–H groups in total. The van der Waals surface area contributed by atoms with Gasteiger partial charge in [0.1, 0.15) is 17.3 Å². The Bertz CT molecular complexity index is 902. The van der Waals surface area contributed by atoms with E-state index in [0.29, 0.717) is 24.6 Å². The first-order valence-electron chi connectivity index (χ1n) is 8.57. The maximum absolute atomic E-state index is 12.8. The van der Waals surface area contributed by atoms with Gasteiger partial charge in [-0.2, -0.15) is 0 Å². The third kappa shape index (κ3) is 3.17. The second-order valence-electron chi connectivity index (χ2n) is 6.60. The molecule has 1 aliphatic heterocycles. The minimum absolute atomic E-state index is 0.000834. The molecule has 1 amide bonds. The second-order valence-corrected chi connectivity index (χ2v) is 6.60. The zero-order valence-electron chi connectivity index (χ0n) is 14.8. The average Bonchev–Trinajstić information content (AvgIpc) is 3.34. The number of rotatable bonds is 4. The van der Waals surface area contributed by atoms with Gasteiger partial charge in [0.25, 0.3) is 5.91 Å². The molecule has 0 saturated carbocycles. The normalized spacial score (nSPS) is 19.7. The van der Waals surface area contributed by atoms with E-state index >= 15 is 0 Å².